The van der Waals surface area contributed by atoms with Gasteiger partial charge in [-0.25, -0.2) is 4.79 Å². The molecule has 1 aliphatic rings. The Labute approximate surface area is 164 Å². The van der Waals surface area contributed by atoms with Crippen molar-refractivity contribution in [2.75, 3.05) is 19.8 Å². The summed E-state index contributed by atoms with van der Waals surface area (Å²) in [6.07, 6.45) is -0.381. The van der Waals surface area contributed by atoms with Crippen LogP contribution in [0.3, 0.4) is 0 Å². The van der Waals surface area contributed by atoms with Gasteiger partial charge in [0.1, 0.15) is 17.7 Å². The molecule has 0 saturated carbocycles. The van der Waals surface area contributed by atoms with Crippen LogP contribution >= 0.6 is 11.6 Å². The fourth-order valence-corrected chi connectivity index (χ4v) is 2.62. The van der Waals surface area contributed by atoms with E-state index in [1.165, 1.54) is 12.1 Å². The Bertz CT molecular complexity index is 919. The lowest BCUT2D eigenvalue weighted by atomic mass is 10.2. The zero-order valence-corrected chi connectivity index (χ0v) is 15.2. The monoisotopic (exact) mass is 406 g/mol. The van der Waals surface area contributed by atoms with Gasteiger partial charge in [-0.2, -0.15) is 0 Å². The Balaban J connectivity index is 1.46. The third-order valence-corrected chi connectivity index (χ3v) is 4.13. The number of carbonyl (C=O) groups is 2. The van der Waals surface area contributed by atoms with Crippen molar-refractivity contribution in [2.45, 2.75) is 6.10 Å². The number of ether oxygens (including phenoxy) is 3. The maximum absolute atomic E-state index is 12.0. The lowest BCUT2D eigenvalue weighted by Crippen LogP contribution is -2.42. The molecule has 0 spiro atoms. The quantitative estimate of drug-likeness (QED) is 0.444. The predicted octanol–water partition coefficient (Wildman–Crippen LogP) is 2.36. The van der Waals surface area contributed by atoms with E-state index in [0.717, 1.165) is 6.07 Å². The van der Waals surface area contributed by atoms with Gasteiger partial charge in [-0.15, -0.1) is 0 Å². The summed E-state index contributed by atoms with van der Waals surface area (Å²) in [5.74, 6) is -0.194. The molecule has 0 radical (unpaired) electrons. The van der Waals surface area contributed by atoms with Gasteiger partial charge < -0.3 is 19.5 Å². The van der Waals surface area contributed by atoms with Crippen LogP contribution in [0.5, 0.6) is 11.5 Å². The van der Waals surface area contributed by atoms with E-state index in [2.05, 4.69) is 5.32 Å². The van der Waals surface area contributed by atoms with Gasteiger partial charge in [0.25, 0.3) is 11.6 Å². The first-order valence-corrected chi connectivity index (χ1v) is 8.58. The molecule has 2 aromatic rings. The van der Waals surface area contributed by atoms with E-state index in [9.17, 15) is 19.7 Å². The zero-order chi connectivity index (χ0) is 20.1. The molecule has 0 aliphatic carbocycles. The summed E-state index contributed by atoms with van der Waals surface area (Å²) in [7, 11) is 0. The molecule has 2 aromatic carbocycles. The summed E-state index contributed by atoms with van der Waals surface area (Å²) in [5.41, 5.74) is -0.500. The molecule has 9 nitrogen and oxygen atoms in total. The second-order valence-electron chi connectivity index (χ2n) is 5.80. The minimum atomic E-state index is -0.874. The molecular formula is C18H15ClN2O7. The smallest absolute Gasteiger partial charge is 0.338 e. The standard InChI is InChI=1S/C18H15ClN2O7/c19-13-6-5-11(7-14(13)21(24)25)18(23)27-10-17(22)20-8-12-9-26-15-3-1-2-4-16(15)28-12/h1-7,12H,8-10H2,(H,20,22)/t12-/m1/s1. The first kappa shape index (κ1) is 19.4. The van der Waals surface area contributed by atoms with Crippen LogP contribution in [0.1, 0.15) is 10.4 Å². The summed E-state index contributed by atoms with van der Waals surface area (Å²) in [6.45, 7) is -0.109. The summed E-state index contributed by atoms with van der Waals surface area (Å²) >= 11 is 5.69. The highest BCUT2D eigenvalue weighted by Crippen LogP contribution is 2.30. The van der Waals surface area contributed by atoms with Crippen LogP contribution in [0, 0.1) is 10.1 Å². The number of benzene rings is 2. The van der Waals surface area contributed by atoms with Crippen molar-refractivity contribution in [1.82, 2.24) is 5.32 Å². The van der Waals surface area contributed by atoms with E-state index in [1.807, 2.05) is 12.1 Å². The predicted molar refractivity (Wildman–Crippen MR) is 97.8 cm³/mol. The number of fused-ring (bicyclic) bond motifs is 1. The number of hydrogen-bond donors (Lipinski definition) is 1. The van der Waals surface area contributed by atoms with Crippen molar-refractivity contribution in [1.29, 1.82) is 0 Å². The van der Waals surface area contributed by atoms with Crippen LogP contribution in [0.2, 0.25) is 5.02 Å². The van der Waals surface area contributed by atoms with Crippen molar-refractivity contribution < 1.29 is 28.7 Å². The van der Waals surface area contributed by atoms with Gasteiger partial charge in [-0.1, -0.05) is 23.7 Å². The number of nitro groups is 1. The minimum Gasteiger partial charge on any atom is -0.486 e. The van der Waals surface area contributed by atoms with E-state index in [4.69, 9.17) is 25.8 Å². The number of esters is 1. The molecule has 10 heteroatoms. The van der Waals surface area contributed by atoms with Crippen molar-refractivity contribution in [3.63, 3.8) is 0 Å². The number of amides is 1. The number of para-hydroxylation sites is 2. The Morgan fingerprint density at radius 1 is 1.25 bits per heavy atom. The van der Waals surface area contributed by atoms with E-state index in [1.54, 1.807) is 12.1 Å². The molecule has 1 heterocycles. The summed E-state index contributed by atoms with van der Waals surface area (Å²) in [6, 6.07) is 10.7. The molecule has 1 atom stereocenters. The van der Waals surface area contributed by atoms with Crippen LogP contribution in [-0.4, -0.2) is 42.7 Å². The molecule has 0 aromatic heterocycles. The molecule has 1 amide bonds. The van der Waals surface area contributed by atoms with Crippen molar-refractivity contribution in [3.05, 3.63) is 63.2 Å². The van der Waals surface area contributed by atoms with E-state index >= 15 is 0 Å². The summed E-state index contributed by atoms with van der Waals surface area (Å²) < 4.78 is 16.1. The summed E-state index contributed by atoms with van der Waals surface area (Å²) in [4.78, 5) is 34.0. The highest BCUT2D eigenvalue weighted by atomic mass is 35.5. The van der Waals surface area contributed by atoms with Crippen molar-refractivity contribution >= 4 is 29.2 Å². The van der Waals surface area contributed by atoms with Crippen molar-refractivity contribution in [2.24, 2.45) is 0 Å². The van der Waals surface area contributed by atoms with Gasteiger partial charge in [-0.3, -0.25) is 14.9 Å². The normalized spacial score (nSPS) is 14.8. The van der Waals surface area contributed by atoms with Crippen LogP contribution in [0.4, 0.5) is 5.69 Å². The first-order chi connectivity index (χ1) is 13.4. The average Bonchev–Trinajstić information content (AvgIpc) is 2.70. The van der Waals surface area contributed by atoms with E-state index in [-0.39, 0.29) is 29.8 Å². The molecule has 146 valence electrons. The molecule has 0 fully saturated rings. The third-order valence-electron chi connectivity index (χ3n) is 3.81. The van der Waals surface area contributed by atoms with E-state index in [0.29, 0.717) is 11.5 Å². The van der Waals surface area contributed by atoms with Gasteiger partial charge in [0.15, 0.2) is 18.1 Å². The minimum absolute atomic E-state index is 0.0791. The number of nitrogens with zero attached hydrogens (tertiary/aromatic N) is 1. The highest BCUT2D eigenvalue weighted by Gasteiger charge is 2.22. The SMILES string of the molecule is O=C(COC(=O)c1ccc(Cl)c([N+](=O)[O-])c1)NC[C@@H]1COc2ccccc2O1. The molecular weight excluding hydrogens is 392 g/mol. The number of hydrogen-bond acceptors (Lipinski definition) is 7. The van der Waals surface area contributed by atoms with Crippen LogP contribution < -0.4 is 14.8 Å². The number of nitrogens with one attached hydrogen (secondary N) is 1. The molecule has 0 bridgehead atoms. The number of halogens is 1. The molecule has 1 N–H and O–H groups in total. The van der Waals surface area contributed by atoms with Gasteiger partial charge >= 0.3 is 5.97 Å². The maximum Gasteiger partial charge on any atom is 0.338 e. The highest BCUT2D eigenvalue weighted by molar-refractivity contribution is 6.32. The van der Waals surface area contributed by atoms with Gasteiger partial charge in [0.2, 0.25) is 0 Å². The first-order valence-electron chi connectivity index (χ1n) is 8.20. The largest absolute Gasteiger partial charge is 0.486 e. The molecule has 3 rings (SSSR count). The number of rotatable bonds is 6. The number of nitro benzene ring substituents is 1. The average molecular weight is 407 g/mol. The van der Waals surface area contributed by atoms with Crippen LogP contribution in [0.25, 0.3) is 0 Å². The summed E-state index contributed by atoms with van der Waals surface area (Å²) in [5, 5.41) is 13.3. The van der Waals surface area contributed by atoms with Crippen LogP contribution in [0.15, 0.2) is 42.5 Å². The second-order valence-corrected chi connectivity index (χ2v) is 6.21. The molecule has 1 aliphatic heterocycles. The van der Waals surface area contributed by atoms with Crippen molar-refractivity contribution in [3.8, 4) is 11.5 Å². The lowest BCUT2D eigenvalue weighted by molar-refractivity contribution is -0.384. The fraction of sp³-hybridized carbons (Fsp3) is 0.222. The van der Waals surface area contributed by atoms with Gasteiger partial charge in [0.05, 0.1) is 17.0 Å². The Morgan fingerprint density at radius 3 is 2.75 bits per heavy atom. The molecule has 0 saturated heterocycles. The third kappa shape index (κ3) is 4.68. The van der Waals surface area contributed by atoms with Crippen LogP contribution in [-0.2, 0) is 9.53 Å². The topological polar surface area (TPSA) is 117 Å². The van der Waals surface area contributed by atoms with Gasteiger partial charge in [-0.05, 0) is 24.3 Å². The van der Waals surface area contributed by atoms with E-state index < -0.39 is 29.1 Å². The number of carbonyl (C=O) groups excluding carboxylic acids is 2. The molecule has 0 unspecified atom stereocenters. The van der Waals surface area contributed by atoms with Gasteiger partial charge in [0, 0.05) is 6.07 Å². The Kier molecular flexibility index (Phi) is 5.95. The lowest BCUT2D eigenvalue weighted by Gasteiger charge is -2.26. The Hall–Kier alpha value is -3.33. The fourth-order valence-electron chi connectivity index (χ4n) is 2.44. The zero-order valence-electron chi connectivity index (χ0n) is 14.4. The maximum atomic E-state index is 12.0. The molecule has 28 heavy (non-hydrogen) atoms. The Morgan fingerprint density at radius 2 is 2.00 bits per heavy atom. The second kappa shape index (κ2) is 8.57.